The highest BCUT2D eigenvalue weighted by atomic mass is 14.9. The van der Waals surface area contributed by atoms with E-state index in [1.807, 2.05) is 0 Å². The quantitative estimate of drug-likeness (QED) is 0.522. The van der Waals surface area contributed by atoms with Crippen molar-refractivity contribution in [2.24, 2.45) is 0 Å². The lowest BCUT2D eigenvalue weighted by Crippen LogP contribution is -2.08. The Kier molecular flexibility index (Phi) is 7.94. The predicted molar refractivity (Wildman–Crippen MR) is 103 cm³/mol. The molecule has 0 unspecified atom stereocenters. The standard InChI is InChI=1S/C22H32N2/c1-4-7-15-19-20(16-8-5-2)23-21(17-9-6-3)24-22(19)18-13-11-10-12-14-18/h10-14H,4-9,15-17H2,1-3H3. The molecule has 0 aliphatic heterocycles. The third-order valence-electron chi connectivity index (χ3n) is 4.49. The second-order valence-electron chi connectivity index (χ2n) is 6.59. The van der Waals surface area contributed by atoms with Crippen molar-refractivity contribution < 1.29 is 0 Å². The molecule has 2 nitrogen and oxygen atoms in total. The largest absolute Gasteiger partial charge is 0.238 e. The van der Waals surface area contributed by atoms with Gasteiger partial charge in [0, 0.05) is 23.2 Å². The number of nitrogens with zero attached hydrogens (tertiary/aromatic N) is 2. The first kappa shape index (κ1) is 18.6. The molecule has 1 heterocycles. The highest BCUT2D eigenvalue weighted by Gasteiger charge is 2.15. The topological polar surface area (TPSA) is 25.8 Å². The second-order valence-corrected chi connectivity index (χ2v) is 6.59. The minimum Gasteiger partial charge on any atom is -0.238 e. The molecule has 0 aliphatic carbocycles. The SMILES string of the molecule is CCCCc1nc(CCCC)c(CCCC)c(-c2ccccc2)n1. The van der Waals surface area contributed by atoms with E-state index in [9.17, 15) is 0 Å². The Morgan fingerprint density at radius 1 is 0.708 bits per heavy atom. The highest BCUT2D eigenvalue weighted by Crippen LogP contribution is 2.27. The Hall–Kier alpha value is -1.70. The summed E-state index contributed by atoms with van der Waals surface area (Å²) < 4.78 is 0. The van der Waals surface area contributed by atoms with E-state index in [1.165, 1.54) is 54.6 Å². The first-order chi connectivity index (χ1) is 11.8. The normalized spacial score (nSPS) is 11.0. The smallest absolute Gasteiger partial charge is 0.129 e. The van der Waals surface area contributed by atoms with E-state index in [4.69, 9.17) is 9.97 Å². The van der Waals surface area contributed by atoms with Gasteiger partial charge in [0.15, 0.2) is 0 Å². The van der Waals surface area contributed by atoms with Gasteiger partial charge in [-0.2, -0.15) is 0 Å². The summed E-state index contributed by atoms with van der Waals surface area (Å²) in [6, 6.07) is 10.7. The van der Waals surface area contributed by atoms with Gasteiger partial charge in [-0.3, -0.25) is 0 Å². The van der Waals surface area contributed by atoms with Gasteiger partial charge >= 0.3 is 0 Å². The van der Waals surface area contributed by atoms with Crippen molar-refractivity contribution in [3.8, 4) is 11.3 Å². The molecule has 24 heavy (non-hydrogen) atoms. The van der Waals surface area contributed by atoms with Crippen LogP contribution in [0.3, 0.4) is 0 Å². The number of unbranched alkanes of at least 4 members (excludes halogenated alkanes) is 3. The minimum atomic E-state index is 0.990. The maximum absolute atomic E-state index is 4.99. The summed E-state index contributed by atoms with van der Waals surface area (Å²) in [5.74, 6) is 1.03. The highest BCUT2D eigenvalue weighted by molar-refractivity contribution is 5.64. The average molecular weight is 325 g/mol. The van der Waals surface area contributed by atoms with Crippen LogP contribution in [0.25, 0.3) is 11.3 Å². The van der Waals surface area contributed by atoms with E-state index >= 15 is 0 Å². The molecule has 2 heteroatoms. The van der Waals surface area contributed by atoms with Crippen molar-refractivity contribution in [2.45, 2.75) is 78.6 Å². The lowest BCUT2D eigenvalue weighted by atomic mass is 9.97. The number of benzene rings is 1. The van der Waals surface area contributed by atoms with Crippen molar-refractivity contribution >= 4 is 0 Å². The number of hydrogen-bond acceptors (Lipinski definition) is 2. The zero-order chi connectivity index (χ0) is 17.2. The molecule has 0 aliphatic rings. The Morgan fingerprint density at radius 2 is 1.33 bits per heavy atom. The molecule has 0 saturated carbocycles. The van der Waals surface area contributed by atoms with Crippen molar-refractivity contribution in [3.05, 3.63) is 47.4 Å². The van der Waals surface area contributed by atoms with E-state index in [0.717, 1.165) is 31.5 Å². The number of hydrogen-bond donors (Lipinski definition) is 0. The first-order valence-electron chi connectivity index (χ1n) is 9.74. The van der Waals surface area contributed by atoms with E-state index in [-0.39, 0.29) is 0 Å². The van der Waals surface area contributed by atoms with Crippen LogP contribution in [0.1, 0.15) is 76.4 Å². The molecule has 0 amide bonds. The lowest BCUT2D eigenvalue weighted by Gasteiger charge is -2.16. The molecule has 1 aromatic carbocycles. The molecule has 0 fully saturated rings. The number of aromatic nitrogens is 2. The molecule has 0 spiro atoms. The van der Waals surface area contributed by atoms with Crippen molar-refractivity contribution in [1.29, 1.82) is 0 Å². The van der Waals surface area contributed by atoms with Crippen LogP contribution in [0.2, 0.25) is 0 Å². The summed E-state index contributed by atoms with van der Waals surface area (Å²) in [6.07, 6.45) is 10.3. The zero-order valence-corrected chi connectivity index (χ0v) is 15.6. The van der Waals surface area contributed by atoms with Gasteiger partial charge in [-0.15, -0.1) is 0 Å². The third-order valence-corrected chi connectivity index (χ3v) is 4.49. The zero-order valence-electron chi connectivity index (χ0n) is 15.6. The van der Waals surface area contributed by atoms with Crippen LogP contribution >= 0.6 is 0 Å². The van der Waals surface area contributed by atoms with Gasteiger partial charge in [-0.05, 0) is 32.1 Å². The minimum absolute atomic E-state index is 0.990. The summed E-state index contributed by atoms with van der Waals surface area (Å²) >= 11 is 0. The van der Waals surface area contributed by atoms with Crippen molar-refractivity contribution in [2.75, 3.05) is 0 Å². The van der Waals surface area contributed by atoms with E-state index in [2.05, 4.69) is 51.1 Å². The first-order valence-corrected chi connectivity index (χ1v) is 9.74. The monoisotopic (exact) mass is 324 g/mol. The van der Waals surface area contributed by atoms with Gasteiger partial charge in [-0.1, -0.05) is 70.4 Å². The molecular formula is C22H32N2. The van der Waals surface area contributed by atoms with Gasteiger partial charge in [0.2, 0.25) is 0 Å². The molecule has 0 N–H and O–H groups in total. The fraction of sp³-hybridized carbons (Fsp3) is 0.545. The molecular weight excluding hydrogens is 292 g/mol. The molecule has 0 radical (unpaired) electrons. The average Bonchev–Trinajstić information content (AvgIpc) is 2.63. The summed E-state index contributed by atoms with van der Waals surface area (Å²) in [4.78, 5) is 9.97. The molecule has 0 saturated heterocycles. The van der Waals surface area contributed by atoms with Gasteiger partial charge in [0.1, 0.15) is 5.82 Å². The van der Waals surface area contributed by atoms with E-state index in [0.29, 0.717) is 0 Å². The van der Waals surface area contributed by atoms with Crippen LogP contribution < -0.4 is 0 Å². The Bertz CT molecular complexity index is 605. The van der Waals surface area contributed by atoms with Gasteiger partial charge in [-0.25, -0.2) is 9.97 Å². The summed E-state index contributed by atoms with van der Waals surface area (Å²) in [5.41, 5.74) is 5.10. The van der Waals surface area contributed by atoms with E-state index < -0.39 is 0 Å². The van der Waals surface area contributed by atoms with Gasteiger partial charge in [0.25, 0.3) is 0 Å². The molecule has 0 atom stereocenters. The molecule has 1 aromatic heterocycles. The maximum Gasteiger partial charge on any atom is 0.129 e. The third kappa shape index (κ3) is 5.15. The van der Waals surface area contributed by atoms with Gasteiger partial charge < -0.3 is 0 Å². The van der Waals surface area contributed by atoms with Crippen LogP contribution in [0.4, 0.5) is 0 Å². The fourth-order valence-corrected chi connectivity index (χ4v) is 3.03. The maximum atomic E-state index is 4.99. The predicted octanol–water partition coefficient (Wildman–Crippen LogP) is 6.17. The molecule has 2 aromatic rings. The molecule has 2 rings (SSSR count). The Morgan fingerprint density at radius 3 is 2.00 bits per heavy atom. The summed E-state index contributed by atoms with van der Waals surface area (Å²) in [6.45, 7) is 6.74. The lowest BCUT2D eigenvalue weighted by molar-refractivity contribution is 0.704. The van der Waals surface area contributed by atoms with Crippen molar-refractivity contribution in [3.63, 3.8) is 0 Å². The van der Waals surface area contributed by atoms with Crippen LogP contribution in [0.5, 0.6) is 0 Å². The summed E-state index contributed by atoms with van der Waals surface area (Å²) in [5, 5.41) is 0. The summed E-state index contributed by atoms with van der Waals surface area (Å²) in [7, 11) is 0. The van der Waals surface area contributed by atoms with Crippen molar-refractivity contribution in [1.82, 2.24) is 9.97 Å². The molecule has 130 valence electrons. The Labute approximate surface area is 147 Å². The second kappa shape index (κ2) is 10.2. The fourth-order valence-electron chi connectivity index (χ4n) is 3.03. The number of rotatable bonds is 10. The van der Waals surface area contributed by atoms with Crippen LogP contribution in [-0.4, -0.2) is 9.97 Å². The van der Waals surface area contributed by atoms with Crippen LogP contribution in [0.15, 0.2) is 30.3 Å². The van der Waals surface area contributed by atoms with E-state index in [1.54, 1.807) is 0 Å². The number of aryl methyl sites for hydroxylation is 2. The molecule has 0 bridgehead atoms. The van der Waals surface area contributed by atoms with Crippen LogP contribution in [0, 0.1) is 0 Å². The van der Waals surface area contributed by atoms with Gasteiger partial charge in [0.05, 0.1) is 5.69 Å². The Balaban J connectivity index is 2.48. The van der Waals surface area contributed by atoms with Crippen LogP contribution in [-0.2, 0) is 19.3 Å².